The number of rotatable bonds is 9. The molecule has 0 radical (unpaired) electrons. The number of carbonyl (C=O) groups excluding carboxylic acids is 1. The minimum absolute atomic E-state index is 0. The van der Waals surface area contributed by atoms with Gasteiger partial charge in [0.1, 0.15) is 11.5 Å². The van der Waals surface area contributed by atoms with Crippen molar-refractivity contribution in [1.29, 1.82) is 0 Å². The van der Waals surface area contributed by atoms with Gasteiger partial charge in [0.2, 0.25) is 5.91 Å². The molecule has 6 heteroatoms. The first-order valence-electron chi connectivity index (χ1n) is 6.92. The zero-order valence-corrected chi connectivity index (χ0v) is 13.5. The van der Waals surface area contributed by atoms with E-state index in [2.05, 4.69) is 5.32 Å². The second-order valence-electron chi connectivity index (χ2n) is 4.60. The highest BCUT2D eigenvalue weighted by Gasteiger charge is 2.06. The molecule has 0 aliphatic carbocycles. The van der Waals surface area contributed by atoms with Crippen LogP contribution in [0, 0.1) is 0 Å². The number of hydrogen-bond donors (Lipinski definition) is 2. The molecule has 1 aromatic carbocycles. The highest BCUT2D eigenvalue weighted by molar-refractivity contribution is 5.91. The molecule has 0 aliphatic heterocycles. The third kappa shape index (κ3) is 7.78. The lowest BCUT2D eigenvalue weighted by atomic mass is 10.1. The number of hydrogen-bond acceptors (Lipinski definition) is 4. The van der Waals surface area contributed by atoms with Crippen molar-refractivity contribution in [2.75, 3.05) is 26.1 Å². The molecule has 0 saturated carbocycles. The van der Waals surface area contributed by atoms with Crippen molar-refractivity contribution < 1.29 is 14.3 Å². The largest absolute Gasteiger partial charge is 0.497 e. The lowest BCUT2D eigenvalue weighted by Crippen LogP contribution is -2.11. The van der Waals surface area contributed by atoms with Crippen LogP contribution in [0.15, 0.2) is 18.2 Å². The molecule has 21 heavy (non-hydrogen) atoms. The number of amides is 1. The summed E-state index contributed by atoms with van der Waals surface area (Å²) >= 11 is 0. The van der Waals surface area contributed by atoms with Crippen LogP contribution in [-0.2, 0) is 4.79 Å². The Hall–Kier alpha value is -1.46. The average molecular weight is 317 g/mol. The minimum Gasteiger partial charge on any atom is -0.497 e. The van der Waals surface area contributed by atoms with Crippen LogP contribution < -0.4 is 20.5 Å². The standard InChI is InChI=1S/C15H24N2O3.ClH/c1-19-13-9-12(10-14(11-13)20-2)17-15(18)7-5-3-4-6-8-16;/h9-11H,3-8,16H2,1-2H3,(H,17,18);1H. The molecule has 0 bridgehead atoms. The summed E-state index contributed by atoms with van der Waals surface area (Å²) in [5.41, 5.74) is 6.11. The fourth-order valence-electron chi connectivity index (χ4n) is 1.89. The van der Waals surface area contributed by atoms with Crippen LogP contribution in [0.5, 0.6) is 11.5 Å². The Labute approximate surface area is 132 Å². The molecule has 0 spiro atoms. The lowest BCUT2D eigenvalue weighted by Gasteiger charge is -2.09. The van der Waals surface area contributed by atoms with Crippen LogP contribution in [-0.4, -0.2) is 26.7 Å². The summed E-state index contributed by atoms with van der Waals surface area (Å²) in [4.78, 5) is 11.8. The van der Waals surface area contributed by atoms with Gasteiger partial charge in [-0.2, -0.15) is 0 Å². The third-order valence-corrected chi connectivity index (χ3v) is 2.99. The molecule has 120 valence electrons. The Morgan fingerprint density at radius 3 is 2.14 bits per heavy atom. The number of anilines is 1. The molecule has 0 heterocycles. The Balaban J connectivity index is 0.00000400. The average Bonchev–Trinajstić information content (AvgIpc) is 2.46. The second kappa shape index (κ2) is 11.2. The molecular formula is C15H25ClN2O3. The van der Waals surface area contributed by atoms with Gasteiger partial charge in [0, 0.05) is 30.3 Å². The molecular weight excluding hydrogens is 292 g/mol. The maximum absolute atomic E-state index is 11.8. The smallest absolute Gasteiger partial charge is 0.224 e. The van der Waals surface area contributed by atoms with Crippen LogP contribution in [0.1, 0.15) is 32.1 Å². The summed E-state index contributed by atoms with van der Waals surface area (Å²) in [5, 5.41) is 2.86. The predicted octanol–water partition coefficient (Wildman–Crippen LogP) is 2.97. The van der Waals surface area contributed by atoms with Crippen molar-refractivity contribution in [3.8, 4) is 11.5 Å². The highest BCUT2D eigenvalue weighted by atomic mass is 35.5. The van der Waals surface area contributed by atoms with Gasteiger partial charge in [-0.05, 0) is 19.4 Å². The lowest BCUT2D eigenvalue weighted by molar-refractivity contribution is -0.116. The number of methoxy groups -OCH3 is 2. The molecule has 1 rings (SSSR count). The van der Waals surface area contributed by atoms with Crippen molar-refractivity contribution >= 4 is 24.0 Å². The van der Waals surface area contributed by atoms with Gasteiger partial charge in [0.05, 0.1) is 14.2 Å². The van der Waals surface area contributed by atoms with Crippen LogP contribution in [0.4, 0.5) is 5.69 Å². The zero-order chi connectivity index (χ0) is 14.8. The second-order valence-corrected chi connectivity index (χ2v) is 4.60. The molecule has 5 nitrogen and oxygen atoms in total. The summed E-state index contributed by atoms with van der Waals surface area (Å²) in [5.74, 6) is 1.32. The summed E-state index contributed by atoms with van der Waals surface area (Å²) < 4.78 is 10.3. The van der Waals surface area contributed by atoms with E-state index in [1.807, 2.05) is 0 Å². The summed E-state index contributed by atoms with van der Waals surface area (Å²) in [6.45, 7) is 0.718. The van der Waals surface area contributed by atoms with Gasteiger partial charge in [-0.3, -0.25) is 4.79 Å². The highest BCUT2D eigenvalue weighted by Crippen LogP contribution is 2.25. The van der Waals surface area contributed by atoms with Gasteiger partial charge >= 0.3 is 0 Å². The van der Waals surface area contributed by atoms with Crippen molar-refractivity contribution in [2.45, 2.75) is 32.1 Å². The maximum atomic E-state index is 11.8. The topological polar surface area (TPSA) is 73.6 Å². The molecule has 1 aromatic rings. The van der Waals surface area contributed by atoms with Gasteiger partial charge in [-0.1, -0.05) is 12.8 Å². The van der Waals surface area contributed by atoms with E-state index in [1.54, 1.807) is 32.4 Å². The number of nitrogens with two attached hydrogens (primary N) is 1. The maximum Gasteiger partial charge on any atom is 0.224 e. The number of carbonyl (C=O) groups is 1. The minimum atomic E-state index is 0. The van der Waals surface area contributed by atoms with Gasteiger partial charge in [0.25, 0.3) is 0 Å². The molecule has 0 aromatic heterocycles. The number of nitrogens with one attached hydrogen (secondary N) is 1. The molecule has 3 N–H and O–H groups in total. The Bertz CT molecular complexity index is 405. The Morgan fingerprint density at radius 1 is 1.05 bits per heavy atom. The molecule has 0 aliphatic rings. The molecule has 0 fully saturated rings. The van der Waals surface area contributed by atoms with E-state index in [1.165, 1.54) is 0 Å². The van der Waals surface area contributed by atoms with E-state index in [0.717, 1.165) is 32.2 Å². The zero-order valence-electron chi connectivity index (χ0n) is 12.7. The number of halogens is 1. The van der Waals surface area contributed by atoms with Crippen molar-refractivity contribution in [3.05, 3.63) is 18.2 Å². The third-order valence-electron chi connectivity index (χ3n) is 2.99. The van der Waals surface area contributed by atoms with Gasteiger partial charge in [-0.25, -0.2) is 0 Å². The first kappa shape index (κ1) is 19.5. The van der Waals surface area contributed by atoms with Crippen molar-refractivity contribution in [3.63, 3.8) is 0 Å². The van der Waals surface area contributed by atoms with Crippen molar-refractivity contribution in [2.24, 2.45) is 5.73 Å². The van der Waals surface area contributed by atoms with Gasteiger partial charge in [0.15, 0.2) is 0 Å². The first-order chi connectivity index (χ1) is 9.69. The SMILES string of the molecule is COc1cc(NC(=O)CCCCCCN)cc(OC)c1.Cl. The van der Waals surface area contributed by atoms with Crippen LogP contribution >= 0.6 is 12.4 Å². The van der Waals surface area contributed by atoms with Crippen LogP contribution in [0.2, 0.25) is 0 Å². The number of benzene rings is 1. The van der Waals surface area contributed by atoms with Crippen molar-refractivity contribution in [1.82, 2.24) is 0 Å². The van der Waals surface area contributed by atoms with Crippen LogP contribution in [0.3, 0.4) is 0 Å². The molecule has 1 amide bonds. The molecule has 0 unspecified atom stereocenters. The summed E-state index contributed by atoms with van der Waals surface area (Å²) in [6, 6.07) is 5.31. The summed E-state index contributed by atoms with van der Waals surface area (Å²) in [6.07, 6.45) is 4.54. The quantitative estimate of drug-likeness (QED) is 0.687. The fraction of sp³-hybridized carbons (Fsp3) is 0.533. The summed E-state index contributed by atoms with van der Waals surface area (Å²) in [7, 11) is 3.16. The first-order valence-corrected chi connectivity index (χ1v) is 6.92. The van der Waals surface area contributed by atoms with E-state index in [0.29, 0.717) is 23.6 Å². The Kier molecular flexibility index (Phi) is 10.4. The molecule has 0 atom stereocenters. The predicted molar refractivity (Wildman–Crippen MR) is 87.6 cm³/mol. The van der Waals surface area contributed by atoms with Gasteiger partial charge in [-0.15, -0.1) is 12.4 Å². The number of unbranched alkanes of at least 4 members (excludes halogenated alkanes) is 3. The van der Waals surface area contributed by atoms with E-state index in [4.69, 9.17) is 15.2 Å². The van der Waals surface area contributed by atoms with E-state index >= 15 is 0 Å². The Morgan fingerprint density at radius 2 is 1.62 bits per heavy atom. The fourth-order valence-corrected chi connectivity index (χ4v) is 1.89. The molecule has 0 saturated heterocycles. The van der Waals surface area contributed by atoms with E-state index in [9.17, 15) is 4.79 Å². The normalized spacial score (nSPS) is 9.67. The van der Waals surface area contributed by atoms with Crippen LogP contribution in [0.25, 0.3) is 0 Å². The van der Waals surface area contributed by atoms with E-state index < -0.39 is 0 Å². The number of ether oxygens (including phenoxy) is 2. The van der Waals surface area contributed by atoms with Gasteiger partial charge < -0.3 is 20.5 Å². The van der Waals surface area contributed by atoms with E-state index in [-0.39, 0.29) is 18.3 Å². The monoisotopic (exact) mass is 316 g/mol.